The van der Waals surface area contributed by atoms with E-state index >= 15 is 0 Å². The van der Waals surface area contributed by atoms with E-state index in [0.717, 1.165) is 5.69 Å². The Balaban J connectivity index is 1.43. The van der Waals surface area contributed by atoms with Gasteiger partial charge < -0.3 is 25.0 Å². The highest BCUT2D eigenvalue weighted by molar-refractivity contribution is 9.10. The molecule has 12 nitrogen and oxygen atoms in total. The molecule has 3 atom stereocenters. The summed E-state index contributed by atoms with van der Waals surface area (Å²) >= 11 is 3.12. The highest BCUT2D eigenvalue weighted by Gasteiger charge is 2.50. The van der Waals surface area contributed by atoms with Crippen molar-refractivity contribution in [2.45, 2.75) is 62.8 Å². The zero-order chi connectivity index (χ0) is 25.4. The summed E-state index contributed by atoms with van der Waals surface area (Å²) in [6.45, 7) is 3.92. The highest BCUT2D eigenvalue weighted by atomic mass is 79.9. The number of aromatic amines is 2. The highest BCUT2D eigenvalue weighted by Crippen LogP contribution is 2.43. The first-order valence-corrected chi connectivity index (χ1v) is 12.2. The molecule has 0 saturated carbocycles. The molecule has 4 heterocycles. The Labute approximate surface area is 209 Å². The number of rotatable bonds is 5. The Kier molecular flexibility index (Phi) is 7.02. The van der Waals surface area contributed by atoms with Crippen LogP contribution in [0.1, 0.15) is 44.8 Å². The Bertz CT molecular complexity index is 1200. The SMILES string of the molecule is CC(=O)N[C@@H](Cc1cnc[nH]1)C(=O)N1CCC2(CC1)C[C@@](C)(O)[C@H](n1cc(Br)c(=O)[nH]c1=O)CO2. The molecular weight excluding hydrogens is 524 g/mol. The van der Waals surface area contributed by atoms with Crippen molar-refractivity contribution in [1.29, 1.82) is 0 Å². The predicted molar refractivity (Wildman–Crippen MR) is 128 cm³/mol. The van der Waals surface area contributed by atoms with E-state index in [1.807, 2.05) is 0 Å². The number of H-pyrrole nitrogens is 2. The second-order valence-corrected chi connectivity index (χ2v) is 10.4. The van der Waals surface area contributed by atoms with Gasteiger partial charge in [-0.2, -0.15) is 0 Å². The molecule has 4 N–H and O–H groups in total. The number of amides is 2. The first-order chi connectivity index (χ1) is 16.5. The molecule has 2 aromatic rings. The fourth-order valence-electron chi connectivity index (χ4n) is 5.07. The van der Waals surface area contributed by atoms with Crippen LogP contribution >= 0.6 is 15.9 Å². The number of halogens is 1. The number of likely N-dealkylation sites (tertiary alicyclic amines) is 1. The topological polar surface area (TPSA) is 162 Å². The minimum absolute atomic E-state index is 0.0771. The minimum Gasteiger partial charge on any atom is -0.388 e. The molecule has 190 valence electrons. The lowest BCUT2D eigenvalue weighted by molar-refractivity contribution is -0.198. The number of carbonyl (C=O) groups is 2. The summed E-state index contributed by atoms with van der Waals surface area (Å²) in [6, 6.07) is -1.40. The minimum atomic E-state index is -1.29. The van der Waals surface area contributed by atoms with Crippen LogP contribution in [0.2, 0.25) is 0 Å². The quantitative estimate of drug-likeness (QED) is 0.400. The molecule has 0 aliphatic carbocycles. The van der Waals surface area contributed by atoms with E-state index in [9.17, 15) is 24.3 Å². The van der Waals surface area contributed by atoms with Crippen LogP contribution in [0.5, 0.6) is 0 Å². The Morgan fingerprint density at radius 1 is 1.37 bits per heavy atom. The monoisotopic (exact) mass is 552 g/mol. The normalized spacial score (nSPS) is 24.8. The van der Waals surface area contributed by atoms with E-state index < -0.39 is 34.5 Å². The van der Waals surface area contributed by atoms with Crippen LogP contribution < -0.4 is 16.6 Å². The molecule has 0 radical (unpaired) electrons. The van der Waals surface area contributed by atoms with E-state index in [-0.39, 0.29) is 29.3 Å². The second-order valence-electron chi connectivity index (χ2n) is 9.55. The molecule has 0 bridgehead atoms. The Morgan fingerprint density at radius 3 is 2.69 bits per heavy atom. The summed E-state index contributed by atoms with van der Waals surface area (Å²) in [7, 11) is 0. The number of piperidine rings is 1. The third-order valence-corrected chi connectivity index (χ3v) is 7.41. The largest absolute Gasteiger partial charge is 0.388 e. The van der Waals surface area contributed by atoms with Crippen molar-refractivity contribution in [2.75, 3.05) is 19.7 Å². The van der Waals surface area contributed by atoms with E-state index in [1.54, 1.807) is 18.0 Å². The molecule has 2 fully saturated rings. The van der Waals surface area contributed by atoms with Gasteiger partial charge in [-0.3, -0.25) is 23.9 Å². The van der Waals surface area contributed by atoms with Crippen molar-refractivity contribution in [3.05, 3.63) is 49.7 Å². The van der Waals surface area contributed by atoms with Crippen molar-refractivity contribution in [3.63, 3.8) is 0 Å². The van der Waals surface area contributed by atoms with Crippen molar-refractivity contribution >= 4 is 27.7 Å². The average molecular weight is 553 g/mol. The predicted octanol–water partition coefficient (Wildman–Crippen LogP) is -0.157. The third-order valence-electron chi connectivity index (χ3n) is 6.85. The van der Waals surface area contributed by atoms with Gasteiger partial charge in [0.25, 0.3) is 5.56 Å². The molecule has 2 aliphatic heterocycles. The van der Waals surface area contributed by atoms with Gasteiger partial charge in [-0.05, 0) is 35.7 Å². The van der Waals surface area contributed by atoms with E-state index in [0.29, 0.717) is 32.4 Å². The van der Waals surface area contributed by atoms with Crippen LogP contribution in [0, 0.1) is 0 Å². The van der Waals surface area contributed by atoms with Gasteiger partial charge in [0.15, 0.2) is 0 Å². The summed E-state index contributed by atoms with van der Waals surface area (Å²) in [6.07, 6.45) is 6.08. The maximum absolute atomic E-state index is 13.2. The van der Waals surface area contributed by atoms with Crippen LogP contribution in [-0.2, 0) is 20.7 Å². The zero-order valence-corrected chi connectivity index (χ0v) is 21.1. The van der Waals surface area contributed by atoms with Gasteiger partial charge in [-0.15, -0.1) is 0 Å². The number of aromatic nitrogens is 4. The molecule has 2 amide bonds. The van der Waals surface area contributed by atoms with Crippen LogP contribution in [0.25, 0.3) is 0 Å². The maximum Gasteiger partial charge on any atom is 0.328 e. The number of imidazole rings is 1. The van der Waals surface area contributed by atoms with Crippen molar-refractivity contribution in [1.82, 2.24) is 29.7 Å². The lowest BCUT2D eigenvalue weighted by Gasteiger charge is -2.51. The fourth-order valence-corrected chi connectivity index (χ4v) is 5.39. The summed E-state index contributed by atoms with van der Waals surface area (Å²) in [4.78, 5) is 59.8. The standard InChI is InChI=1S/C22H29BrN6O6/c1-13(30)26-16(7-14-8-24-12-25-14)19(32)28-5-3-22(4-6-28)11-21(2,34)17(10-35-22)29-9-15(23)18(31)27-20(29)33/h8-9,12,16-17,34H,3-7,10-11H2,1-2H3,(H,24,25)(H,26,30)(H,27,31,33)/t16-,17+,21+/m0/s1. The van der Waals surface area contributed by atoms with E-state index in [1.165, 1.54) is 24.0 Å². The first kappa shape index (κ1) is 25.3. The van der Waals surface area contributed by atoms with Gasteiger partial charge in [0.1, 0.15) is 6.04 Å². The number of carbonyl (C=O) groups excluding carboxylic acids is 2. The van der Waals surface area contributed by atoms with Gasteiger partial charge in [-0.1, -0.05) is 0 Å². The smallest absolute Gasteiger partial charge is 0.328 e. The lowest BCUT2D eigenvalue weighted by Crippen LogP contribution is -2.60. The Hall–Kier alpha value is -2.77. The van der Waals surface area contributed by atoms with Gasteiger partial charge in [0.05, 0.1) is 34.7 Å². The van der Waals surface area contributed by atoms with Crippen molar-refractivity contribution in [2.24, 2.45) is 0 Å². The number of hydrogen-bond acceptors (Lipinski definition) is 7. The molecule has 2 aromatic heterocycles. The fraction of sp³-hybridized carbons (Fsp3) is 0.591. The van der Waals surface area contributed by atoms with Crippen molar-refractivity contribution < 1.29 is 19.4 Å². The van der Waals surface area contributed by atoms with Gasteiger partial charge >= 0.3 is 5.69 Å². The summed E-state index contributed by atoms with van der Waals surface area (Å²) < 4.78 is 7.69. The lowest BCUT2D eigenvalue weighted by atomic mass is 9.75. The van der Waals surface area contributed by atoms with Crippen LogP contribution in [0.4, 0.5) is 0 Å². The number of aliphatic hydroxyl groups is 1. The van der Waals surface area contributed by atoms with E-state index in [4.69, 9.17) is 4.74 Å². The first-order valence-electron chi connectivity index (χ1n) is 11.4. The maximum atomic E-state index is 13.2. The molecule has 0 unspecified atom stereocenters. The molecule has 1 spiro atoms. The molecule has 2 aliphatic rings. The van der Waals surface area contributed by atoms with E-state index in [2.05, 4.69) is 36.2 Å². The molecule has 4 rings (SSSR count). The third kappa shape index (κ3) is 5.41. The van der Waals surface area contributed by atoms with Gasteiger partial charge in [0, 0.05) is 50.9 Å². The number of hydrogen-bond donors (Lipinski definition) is 4. The molecule has 13 heteroatoms. The average Bonchev–Trinajstić information content (AvgIpc) is 3.29. The number of nitrogens with zero attached hydrogens (tertiary/aromatic N) is 3. The summed E-state index contributed by atoms with van der Waals surface area (Å²) in [5.41, 5.74) is -2.35. The second kappa shape index (κ2) is 9.70. The van der Waals surface area contributed by atoms with Crippen LogP contribution in [-0.4, -0.2) is 78.3 Å². The van der Waals surface area contributed by atoms with Crippen LogP contribution in [0.15, 0.2) is 32.8 Å². The van der Waals surface area contributed by atoms with Gasteiger partial charge in [0.2, 0.25) is 11.8 Å². The molecule has 2 saturated heterocycles. The van der Waals surface area contributed by atoms with Crippen LogP contribution in [0.3, 0.4) is 0 Å². The van der Waals surface area contributed by atoms with Gasteiger partial charge in [-0.25, -0.2) is 9.78 Å². The molecule has 35 heavy (non-hydrogen) atoms. The molecular formula is C22H29BrN6O6. The summed E-state index contributed by atoms with van der Waals surface area (Å²) in [5.74, 6) is -0.479. The number of nitrogens with one attached hydrogen (secondary N) is 3. The zero-order valence-electron chi connectivity index (χ0n) is 19.5. The molecule has 0 aromatic carbocycles. The number of ether oxygens (including phenoxy) is 1. The Morgan fingerprint density at radius 2 is 2.09 bits per heavy atom. The van der Waals surface area contributed by atoms with Crippen molar-refractivity contribution in [3.8, 4) is 0 Å². The summed E-state index contributed by atoms with van der Waals surface area (Å²) in [5, 5.41) is 14.0.